The summed E-state index contributed by atoms with van der Waals surface area (Å²) in [5.41, 5.74) is 0.749. The van der Waals surface area contributed by atoms with Crippen molar-refractivity contribution >= 4 is 29.7 Å². The van der Waals surface area contributed by atoms with Crippen molar-refractivity contribution in [1.29, 1.82) is 0 Å². The molecule has 3 heterocycles. The van der Waals surface area contributed by atoms with Gasteiger partial charge in [-0.05, 0) is 26.2 Å². The lowest BCUT2D eigenvalue weighted by Crippen LogP contribution is -2.56. The van der Waals surface area contributed by atoms with Gasteiger partial charge in [0.2, 0.25) is 5.91 Å². The second-order valence-corrected chi connectivity index (χ2v) is 9.99. The molecule has 0 bridgehead atoms. The first kappa shape index (κ1) is 29.7. The zero-order valence-corrected chi connectivity index (χ0v) is 23.1. The number of anilines is 1. The number of hydrogen-bond donors (Lipinski definition) is 3. The summed E-state index contributed by atoms with van der Waals surface area (Å²) in [5, 5.41) is 21.9. The second kappa shape index (κ2) is 13.9. The minimum Gasteiger partial charge on any atom is -0.481 e. The van der Waals surface area contributed by atoms with E-state index in [4.69, 9.17) is 4.74 Å². The van der Waals surface area contributed by atoms with Crippen LogP contribution in [0.3, 0.4) is 0 Å². The van der Waals surface area contributed by atoms with Crippen molar-refractivity contribution < 1.29 is 34.1 Å². The fourth-order valence-corrected chi connectivity index (χ4v) is 4.83. The van der Waals surface area contributed by atoms with Gasteiger partial charge in [-0.2, -0.15) is 0 Å². The van der Waals surface area contributed by atoms with Crippen LogP contribution >= 0.6 is 0 Å². The maximum Gasteiger partial charge on any atom is 0.409 e. The Kier molecular flexibility index (Phi) is 10.1. The van der Waals surface area contributed by atoms with Crippen molar-refractivity contribution in [2.75, 3.05) is 50.8 Å². The summed E-state index contributed by atoms with van der Waals surface area (Å²) in [4.78, 5) is 64.5. The number of hydrogen-bond acceptors (Lipinski definition) is 9. The van der Waals surface area contributed by atoms with E-state index in [2.05, 4.69) is 15.3 Å². The summed E-state index contributed by atoms with van der Waals surface area (Å²) in [6.45, 7) is 4.08. The van der Waals surface area contributed by atoms with E-state index in [1.807, 2.05) is 35.2 Å². The normalized spacial score (nSPS) is 16.7. The maximum atomic E-state index is 13.5. The molecule has 41 heavy (non-hydrogen) atoms. The Morgan fingerprint density at radius 2 is 1.66 bits per heavy atom. The van der Waals surface area contributed by atoms with Gasteiger partial charge in [0.25, 0.3) is 5.91 Å². The van der Waals surface area contributed by atoms with Crippen LogP contribution in [-0.4, -0.2) is 112 Å². The Balaban J connectivity index is 1.54. The summed E-state index contributed by atoms with van der Waals surface area (Å²) < 4.78 is 5.02. The Labute approximate surface area is 238 Å². The summed E-state index contributed by atoms with van der Waals surface area (Å²) in [7, 11) is 0. The van der Waals surface area contributed by atoms with E-state index in [9.17, 15) is 29.4 Å². The summed E-state index contributed by atoms with van der Waals surface area (Å²) in [6.07, 6.45) is -0.120. The van der Waals surface area contributed by atoms with E-state index in [0.29, 0.717) is 43.1 Å². The number of rotatable bonds is 9. The molecule has 0 aliphatic carbocycles. The Morgan fingerprint density at radius 3 is 2.29 bits per heavy atom. The molecule has 220 valence electrons. The summed E-state index contributed by atoms with van der Waals surface area (Å²) >= 11 is 0. The molecule has 2 fully saturated rings. The Morgan fingerprint density at radius 1 is 1.00 bits per heavy atom. The molecular formula is C28H36N6O7. The van der Waals surface area contributed by atoms with Gasteiger partial charge < -0.3 is 35.0 Å². The number of carbonyl (C=O) groups is 4. The van der Waals surface area contributed by atoms with Crippen LogP contribution in [0.25, 0.3) is 11.4 Å². The monoisotopic (exact) mass is 568 g/mol. The number of piperidine rings is 1. The van der Waals surface area contributed by atoms with Crippen LogP contribution in [0.5, 0.6) is 0 Å². The van der Waals surface area contributed by atoms with Gasteiger partial charge in [0.1, 0.15) is 17.6 Å². The van der Waals surface area contributed by atoms with E-state index in [-0.39, 0.29) is 57.4 Å². The van der Waals surface area contributed by atoms with Crippen LogP contribution in [0.1, 0.15) is 43.1 Å². The Hall–Kier alpha value is -4.26. The highest BCUT2D eigenvalue weighted by molar-refractivity contribution is 5.97. The van der Waals surface area contributed by atoms with Crippen LogP contribution in [0.4, 0.5) is 10.6 Å². The molecule has 2 saturated heterocycles. The number of benzene rings is 1. The topological polar surface area (TPSA) is 166 Å². The third-order valence-electron chi connectivity index (χ3n) is 7.13. The lowest BCUT2D eigenvalue weighted by Gasteiger charge is -2.36. The second-order valence-electron chi connectivity index (χ2n) is 9.99. The quantitative estimate of drug-likeness (QED) is 0.402. The summed E-state index contributed by atoms with van der Waals surface area (Å²) in [5.74, 6) is -1.28. The highest BCUT2D eigenvalue weighted by atomic mass is 16.6. The molecule has 13 nitrogen and oxygen atoms in total. The number of aliphatic hydroxyl groups excluding tert-OH is 1. The average molecular weight is 569 g/mol. The number of carboxylic acid groups (broad SMARTS) is 1. The number of carboxylic acids is 1. The molecule has 1 aromatic heterocycles. The van der Waals surface area contributed by atoms with E-state index < -0.39 is 29.9 Å². The van der Waals surface area contributed by atoms with Crippen LogP contribution in [-0.2, 0) is 14.3 Å². The van der Waals surface area contributed by atoms with Crippen LogP contribution < -0.4 is 10.2 Å². The van der Waals surface area contributed by atoms with Gasteiger partial charge in [0.15, 0.2) is 5.82 Å². The van der Waals surface area contributed by atoms with Crippen molar-refractivity contribution in [3.63, 3.8) is 0 Å². The molecule has 0 spiro atoms. The fraction of sp³-hybridized carbons (Fsp3) is 0.500. The van der Waals surface area contributed by atoms with E-state index in [1.165, 1.54) is 9.80 Å². The molecule has 0 saturated carbocycles. The minimum atomic E-state index is -1.10. The number of nitrogens with one attached hydrogen (secondary N) is 1. The molecule has 2 aliphatic heterocycles. The number of aliphatic carboxylic acids is 1. The highest BCUT2D eigenvalue weighted by Gasteiger charge is 2.31. The predicted molar refractivity (Wildman–Crippen MR) is 148 cm³/mol. The highest BCUT2D eigenvalue weighted by Crippen LogP contribution is 2.23. The third-order valence-corrected chi connectivity index (χ3v) is 7.13. The van der Waals surface area contributed by atoms with Gasteiger partial charge in [-0.1, -0.05) is 30.3 Å². The van der Waals surface area contributed by atoms with Gasteiger partial charge in [-0.3, -0.25) is 14.4 Å². The van der Waals surface area contributed by atoms with Crippen LogP contribution in [0, 0.1) is 0 Å². The zero-order valence-electron chi connectivity index (χ0n) is 23.1. The average Bonchev–Trinajstić information content (AvgIpc) is 2.99. The van der Waals surface area contributed by atoms with Gasteiger partial charge in [-0.15, -0.1) is 0 Å². The van der Waals surface area contributed by atoms with Crippen molar-refractivity contribution in [2.24, 2.45) is 0 Å². The zero-order chi connectivity index (χ0) is 29.4. The lowest BCUT2D eigenvalue weighted by molar-refractivity contribution is -0.138. The molecule has 3 amide bonds. The molecular weight excluding hydrogens is 532 g/mol. The number of aromatic nitrogens is 2. The van der Waals surface area contributed by atoms with Crippen LogP contribution in [0.15, 0.2) is 36.4 Å². The van der Waals surface area contributed by atoms with Crippen molar-refractivity contribution in [1.82, 2.24) is 25.1 Å². The molecule has 0 radical (unpaired) electrons. The minimum absolute atomic E-state index is 0.0419. The van der Waals surface area contributed by atoms with E-state index in [0.717, 1.165) is 0 Å². The molecule has 1 unspecified atom stereocenters. The molecule has 3 N–H and O–H groups in total. The number of carbonyl (C=O) groups excluding carboxylic acids is 3. The number of piperazine rings is 1. The molecule has 2 aromatic rings. The van der Waals surface area contributed by atoms with E-state index >= 15 is 0 Å². The van der Waals surface area contributed by atoms with Gasteiger partial charge >= 0.3 is 12.1 Å². The summed E-state index contributed by atoms with van der Waals surface area (Å²) in [6, 6.07) is 9.65. The van der Waals surface area contributed by atoms with Crippen molar-refractivity contribution in [3.05, 3.63) is 42.1 Å². The molecule has 2 aliphatic rings. The SMILES string of the molecule is CCOC(=O)N1CCN(C(=O)C(CCC(=O)O)NC(=O)c2cc(N3CCC(O)CC3)nc(-c3ccccc3)n2)CC1. The van der Waals surface area contributed by atoms with Crippen molar-refractivity contribution in [2.45, 2.75) is 44.8 Å². The molecule has 1 aromatic carbocycles. The lowest BCUT2D eigenvalue weighted by atomic mass is 10.1. The van der Waals surface area contributed by atoms with Gasteiger partial charge in [0.05, 0.1) is 12.7 Å². The van der Waals surface area contributed by atoms with Gasteiger partial charge in [0, 0.05) is 57.3 Å². The predicted octanol–water partition coefficient (Wildman–Crippen LogP) is 1.37. The van der Waals surface area contributed by atoms with Crippen LogP contribution in [0.2, 0.25) is 0 Å². The number of amides is 3. The largest absolute Gasteiger partial charge is 0.481 e. The number of aliphatic hydroxyl groups is 1. The molecule has 1 atom stereocenters. The first-order valence-corrected chi connectivity index (χ1v) is 13.9. The standard InChI is InChI=1S/C28H36N6O7/c1-2-41-28(40)34-16-14-33(15-17-34)27(39)21(8-9-24(36)37)30-26(38)22-18-23(32-12-10-20(35)11-13-32)31-25(29-22)19-6-4-3-5-7-19/h3-7,18,20-21,35H,2,8-17H2,1H3,(H,30,38)(H,36,37). The smallest absolute Gasteiger partial charge is 0.409 e. The molecule has 4 rings (SSSR count). The first-order valence-electron chi connectivity index (χ1n) is 13.9. The fourth-order valence-electron chi connectivity index (χ4n) is 4.83. The maximum absolute atomic E-state index is 13.5. The number of ether oxygens (including phenoxy) is 1. The Bertz CT molecular complexity index is 1230. The van der Waals surface area contributed by atoms with Crippen molar-refractivity contribution in [3.8, 4) is 11.4 Å². The first-order chi connectivity index (χ1) is 19.7. The van der Waals surface area contributed by atoms with E-state index in [1.54, 1.807) is 13.0 Å². The third kappa shape index (κ3) is 7.91. The van der Waals surface area contributed by atoms with Gasteiger partial charge in [-0.25, -0.2) is 14.8 Å². The molecule has 13 heteroatoms. The number of nitrogens with zero attached hydrogens (tertiary/aromatic N) is 5.